The summed E-state index contributed by atoms with van der Waals surface area (Å²) >= 11 is 0. The largest absolute Gasteiger partial charge is 0.387 e. The molecule has 2 unspecified atom stereocenters. The first kappa shape index (κ1) is 9.37. The van der Waals surface area contributed by atoms with Crippen molar-refractivity contribution in [1.82, 2.24) is 0 Å². The monoisotopic (exact) mass is 192 g/mol. The van der Waals surface area contributed by atoms with Crippen LogP contribution in [0.5, 0.6) is 0 Å². The number of benzene rings is 1. The highest BCUT2D eigenvalue weighted by Crippen LogP contribution is 2.36. The molecule has 0 heterocycles. The van der Waals surface area contributed by atoms with E-state index in [1.54, 1.807) is 24.3 Å². The van der Waals surface area contributed by atoms with E-state index >= 15 is 0 Å². The number of ketones is 1. The Balaban J connectivity index is 2.57. The minimum absolute atomic E-state index is 0.0226. The zero-order valence-corrected chi connectivity index (χ0v) is 7.90. The molecule has 0 aliphatic heterocycles. The molecule has 0 bridgehead atoms. The number of carbonyl (C=O) groups is 1. The van der Waals surface area contributed by atoms with Crippen LogP contribution in [0.4, 0.5) is 0 Å². The molecule has 1 aromatic carbocycles. The molecule has 1 aliphatic rings. The average molecular weight is 192 g/mol. The number of aliphatic hydroxyl groups excluding tert-OH is 1. The predicted octanol–water partition coefficient (Wildman–Crippen LogP) is 1.06. The number of carbonyl (C=O) groups excluding carboxylic acids is 1. The van der Waals surface area contributed by atoms with Crippen molar-refractivity contribution < 1.29 is 15.0 Å². The van der Waals surface area contributed by atoms with E-state index in [9.17, 15) is 15.0 Å². The molecule has 3 heteroatoms. The minimum Gasteiger partial charge on any atom is -0.387 e. The lowest BCUT2D eigenvalue weighted by atomic mass is 9.78. The summed E-state index contributed by atoms with van der Waals surface area (Å²) in [7, 11) is 0. The number of Topliss-reactive ketones (excluding diaryl/α,β-unsaturated/α-hetero) is 1. The summed E-state index contributed by atoms with van der Waals surface area (Å²) in [5, 5.41) is 19.6. The topological polar surface area (TPSA) is 57.5 Å². The molecule has 14 heavy (non-hydrogen) atoms. The maximum Gasteiger partial charge on any atom is 0.166 e. The Bertz CT molecular complexity index is 382. The Hall–Kier alpha value is -1.19. The Labute approximate surface area is 82.0 Å². The maximum atomic E-state index is 11.6. The Morgan fingerprint density at radius 3 is 2.79 bits per heavy atom. The van der Waals surface area contributed by atoms with Crippen molar-refractivity contribution in [2.75, 3.05) is 0 Å². The van der Waals surface area contributed by atoms with Gasteiger partial charge in [0.15, 0.2) is 5.78 Å². The van der Waals surface area contributed by atoms with E-state index in [4.69, 9.17) is 0 Å². The first-order chi connectivity index (χ1) is 6.52. The summed E-state index contributed by atoms with van der Waals surface area (Å²) in [5.74, 6) is -0.115. The third-order valence-corrected chi connectivity index (χ3v) is 2.66. The van der Waals surface area contributed by atoms with E-state index in [1.165, 1.54) is 6.92 Å². The molecule has 1 aromatic rings. The molecule has 0 aromatic heterocycles. The minimum atomic E-state index is -1.34. The van der Waals surface area contributed by atoms with E-state index in [0.29, 0.717) is 11.1 Å². The van der Waals surface area contributed by atoms with Gasteiger partial charge >= 0.3 is 0 Å². The number of hydrogen-bond donors (Lipinski definition) is 2. The van der Waals surface area contributed by atoms with E-state index < -0.39 is 11.7 Å². The van der Waals surface area contributed by atoms with E-state index in [2.05, 4.69) is 0 Å². The molecule has 74 valence electrons. The van der Waals surface area contributed by atoms with Crippen LogP contribution in [0.2, 0.25) is 0 Å². The third-order valence-electron chi connectivity index (χ3n) is 2.66. The summed E-state index contributed by atoms with van der Waals surface area (Å²) in [6.07, 6.45) is -0.998. The van der Waals surface area contributed by atoms with E-state index in [0.717, 1.165) is 0 Å². The molecule has 0 saturated heterocycles. The van der Waals surface area contributed by atoms with Crippen molar-refractivity contribution in [1.29, 1.82) is 0 Å². The van der Waals surface area contributed by atoms with Gasteiger partial charge in [0.2, 0.25) is 0 Å². The number of aliphatic hydroxyl groups is 2. The van der Waals surface area contributed by atoms with Gasteiger partial charge in [0.25, 0.3) is 0 Å². The summed E-state index contributed by atoms with van der Waals surface area (Å²) in [6, 6.07) is 6.85. The molecule has 0 radical (unpaired) electrons. The number of rotatable bonds is 0. The Morgan fingerprint density at radius 2 is 2.07 bits per heavy atom. The van der Waals surface area contributed by atoms with Crippen molar-refractivity contribution in [2.45, 2.75) is 25.0 Å². The van der Waals surface area contributed by atoms with Gasteiger partial charge in [-0.25, -0.2) is 0 Å². The lowest BCUT2D eigenvalue weighted by Gasteiger charge is -2.34. The molecule has 0 spiro atoms. The van der Waals surface area contributed by atoms with Gasteiger partial charge in [0.1, 0.15) is 6.10 Å². The second kappa shape index (κ2) is 2.90. The van der Waals surface area contributed by atoms with Crippen LogP contribution in [0.1, 0.15) is 35.4 Å². The molecule has 2 atom stereocenters. The molecule has 0 fully saturated rings. The first-order valence-electron chi connectivity index (χ1n) is 4.55. The van der Waals surface area contributed by atoms with Crippen LogP contribution in [0.15, 0.2) is 24.3 Å². The van der Waals surface area contributed by atoms with Crippen LogP contribution in [0.25, 0.3) is 0 Å². The fourth-order valence-electron chi connectivity index (χ4n) is 1.84. The summed E-state index contributed by atoms with van der Waals surface area (Å²) < 4.78 is 0. The molecule has 2 N–H and O–H groups in total. The number of fused-ring (bicyclic) bond motifs is 1. The Morgan fingerprint density at radius 1 is 1.43 bits per heavy atom. The highest BCUT2D eigenvalue weighted by atomic mass is 16.3. The standard InChI is InChI=1S/C11H12O3/c1-11(14)6-9(12)7-4-2-3-5-8(7)10(11)13/h2-5,10,13-14H,6H2,1H3. The van der Waals surface area contributed by atoms with Crippen LogP contribution < -0.4 is 0 Å². The lowest BCUT2D eigenvalue weighted by Crippen LogP contribution is -2.40. The molecule has 1 aliphatic carbocycles. The predicted molar refractivity (Wildman–Crippen MR) is 51.0 cm³/mol. The van der Waals surface area contributed by atoms with Crippen LogP contribution >= 0.6 is 0 Å². The fraction of sp³-hybridized carbons (Fsp3) is 0.364. The van der Waals surface area contributed by atoms with Gasteiger partial charge in [-0.2, -0.15) is 0 Å². The molecule has 0 amide bonds. The maximum absolute atomic E-state index is 11.6. The molecule has 3 nitrogen and oxygen atoms in total. The number of hydrogen-bond acceptors (Lipinski definition) is 3. The quantitative estimate of drug-likeness (QED) is 0.646. The van der Waals surface area contributed by atoms with Gasteiger partial charge in [0, 0.05) is 12.0 Å². The van der Waals surface area contributed by atoms with Crippen molar-refractivity contribution >= 4 is 5.78 Å². The second-order valence-corrected chi connectivity index (χ2v) is 3.95. The van der Waals surface area contributed by atoms with Crippen LogP contribution in [-0.4, -0.2) is 21.6 Å². The Kier molecular flexibility index (Phi) is 1.94. The van der Waals surface area contributed by atoms with Gasteiger partial charge in [0.05, 0.1) is 5.60 Å². The first-order valence-corrected chi connectivity index (χ1v) is 4.55. The molecular formula is C11H12O3. The molecule has 2 rings (SSSR count). The van der Waals surface area contributed by atoms with Gasteiger partial charge in [-0.05, 0) is 12.5 Å². The fourth-order valence-corrected chi connectivity index (χ4v) is 1.84. The van der Waals surface area contributed by atoms with Gasteiger partial charge < -0.3 is 10.2 Å². The van der Waals surface area contributed by atoms with Gasteiger partial charge in [-0.3, -0.25) is 4.79 Å². The van der Waals surface area contributed by atoms with Crippen molar-refractivity contribution in [3.8, 4) is 0 Å². The van der Waals surface area contributed by atoms with Crippen molar-refractivity contribution in [3.63, 3.8) is 0 Å². The van der Waals surface area contributed by atoms with Crippen molar-refractivity contribution in [3.05, 3.63) is 35.4 Å². The SMILES string of the molecule is CC1(O)CC(=O)c2ccccc2C1O. The van der Waals surface area contributed by atoms with Gasteiger partial charge in [-0.15, -0.1) is 0 Å². The van der Waals surface area contributed by atoms with Crippen LogP contribution in [-0.2, 0) is 0 Å². The highest BCUT2D eigenvalue weighted by Gasteiger charge is 2.40. The summed E-state index contributed by atoms with van der Waals surface area (Å²) in [6.45, 7) is 1.48. The second-order valence-electron chi connectivity index (χ2n) is 3.95. The van der Waals surface area contributed by atoms with Crippen LogP contribution in [0.3, 0.4) is 0 Å². The normalized spacial score (nSPS) is 31.4. The molecule has 0 saturated carbocycles. The zero-order chi connectivity index (χ0) is 10.3. The zero-order valence-electron chi connectivity index (χ0n) is 7.90. The smallest absolute Gasteiger partial charge is 0.166 e. The summed E-state index contributed by atoms with van der Waals surface area (Å²) in [5.41, 5.74) is -0.300. The third kappa shape index (κ3) is 1.25. The van der Waals surface area contributed by atoms with E-state index in [-0.39, 0.29) is 12.2 Å². The highest BCUT2D eigenvalue weighted by molar-refractivity contribution is 5.99. The molecular weight excluding hydrogens is 180 g/mol. The van der Waals surface area contributed by atoms with Gasteiger partial charge in [-0.1, -0.05) is 24.3 Å². The average Bonchev–Trinajstić information content (AvgIpc) is 2.14. The lowest BCUT2D eigenvalue weighted by molar-refractivity contribution is -0.0674. The van der Waals surface area contributed by atoms with Crippen molar-refractivity contribution in [2.24, 2.45) is 0 Å². The summed E-state index contributed by atoms with van der Waals surface area (Å²) in [4.78, 5) is 11.6. The van der Waals surface area contributed by atoms with Crippen LogP contribution in [0, 0.1) is 0 Å². The van der Waals surface area contributed by atoms with E-state index in [1.807, 2.05) is 0 Å².